The highest BCUT2D eigenvalue weighted by atomic mass is 16.6. The molecule has 3 rings (SSSR count). The van der Waals surface area contributed by atoms with E-state index in [2.05, 4.69) is 25.3 Å². The molecule has 20 heavy (non-hydrogen) atoms. The number of aromatic nitrogens is 5. The predicted octanol–water partition coefficient (Wildman–Crippen LogP) is 0.167. The van der Waals surface area contributed by atoms with Crippen LogP contribution in [0.4, 0.5) is 5.82 Å². The molecule has 0 radical (unpaired) electrons. The average Bonchev–Trinajstić information content (AvgIpc) is 3.05. The second kappa shape index (κ2) is 4.91. The monoisotopic (exact) mass is 277 g/mol. The summed E-state index contributed by atoms with van der Waals surface area (Å²) in [5.74, 6) is 0.242. The number of hydrogen-bond acceptors (Lipinski definition) is 7. The van der Waals surface area contributed by atoms with Crippen molar-refractivity contribution in [3.63, 3.8) is 0 Å². The average molecular weight is 277 g/mol. The topological polar surface area (TPSA) is 116 Å². The summed E-state index contributed by atoms with van der Waals surface area (Å²) in [5, 5.41) is 15.0. The summed E-state index contributed by atoms with van der Waals surface area (Å²) >= 11 is 0. The zero-order valence-electron chi connectivity index (χ0n) is 11.1. The number of amides is 1. The molecule has 0 atom stereocenters. The third kappa shape index (κ3) is 2.00. The molecule has 106 valence electrons. The van der Waals surface area contributed by atoms with E-state index in [9.17, 15) is 4.79 Å². The first-order chi connectivity index (χ1) is 9.68. The normalized spacial score (nSPS) is 15.6. The largest absolute Gasteiger partial charge is 0.378 e. The summed E-state index contributed by atoms with van der Waals surface area (Å²) in [6.45, 7) is 3.27. The maximum atomic E-state index is 12.4. The summed E-state index contributed by atoms with van der Waals surface area (Å²) in [6.07, 6.45) is 3.22. The quantitative estimate of drug-likeness (QED) is 0.831. The predicted molar refractivity (Wildman–Crippen MR) is 68.1 cm³/mol. The van der Waals surface area contributed by atoms with E-state index in [0.717, 1.165) is 32.4 Å². The molecule has 2 aromatic rings. The van der Waals surface area contributed by atoms with Gasteiger partial charge in [0.1, 0.15) is 0 Å². The number of likely N-dealkylation sites (tertiary alicyclic amines) is 1. The van der Waals surface area contributed by atoms with E-state index < -0.39 is 0 Å². The minimum Gasteiger partial charge on any atom is -0.378 e. The van der Waals surface area contributed by atoms with Crippen molar-refractivity contribution in [1.82, 2.24) is 30.2 Å². The summed E-state index contributed by atoms with van der Waals surface area (Å²) in [6, 6.07) is 0. The molecule has 0 bridgehead atoms. The standard InChI is InChI=1S/C11H15N7O2/c1-7-8(11(19)17-5-3-2-4-6-17)13-16-18(7)10-9(12)14-20-15-10/h2-6H2,1H3,(H2,12,14). The van der Waals surface area contributed by atoms with Crippen molar-refractivity contribution in [1.29, 1.82) is 0 Å². The molecule has 1 amide bonds. The van der Waals surface area contributed by atoms with Crippen molar-refractivity contribution in [3.8, 4) is 5.82 Å². The van der Waals surface area contributed by atoms with Crippen LogP contribution in [0, 0.1) is 6.92 Å². The molecule has 0 aromatic carbocycles. The van der Waals surface area contributed by atoms with E-state index in [1.54, 1.807) is 11.8 Å². The van der Waals surface area contributed by atoms with Crippen LogP contribution in [0.3, 0.4) is 0 Å². The number of piperidine rings is 1. The van der Waals surface area contributed by atoms with E-state index in [-0.39, 0.29) is 17.5 Å². The number of hydrogen-bond donors (Lipinski definition) is 1. The van der Waals surface area contributed by atoms with Gasteiger partial charge in [0.05, 0.1) is 5.69 Å². The lowest BCUT2D eigenvalue weighted by Gasteiger charge is -2.25. The highest BCUT2D eigenvalue weighted by molar-refractivity contribution is 5.93. The number of carbonyl (C=O) groups is 1. The first-order valence-corrected chi connectivity index (χ1v) is 6.48. The zero-order valence-corrected chi connectivity index (χ0v) is 11.1. The maximum Gasteiger partial charge on any atom is 0.276 e. The Balaban J connectivity index is 1.90. The van der Waals surface area contributed by atoms with Gasteiger partial charge in [-0.2, -0.15) is 4.68 Å². The number of nitrogens with zero attached hydrogens (tertiary/aromatic N) is 6. The van der Waals surface area contributed by atoms with Gasteiger partial charge in [-0.05, 0) is 36.5 Å². The molecule has 0 spiro atoms. The molecule has 1 aliphatic heterocycles. The smallest absolute Gasteiger partial charge is 0.276 e. The fourth-order valence-corrected chi connectivity index (χ4v) is 2.31. The third-order valence-electron chi connectivity index (χ3n) is 3.44. The van der Waals surface area contributed by atoms with Crippen LogP contribution in [0.2, 0.25) is 0 Å². The van der Waals surface area contributed by atoms with Crippen molar-refractivity contribution in [2.24, 2.45) is 0 Å². The lowest BCUT2D eigenvalue weighted by molar-refractivity contribution is 0.0717. The van der Waals surface area contributed by atoms with Crippen LogP contribution in [0.15, 0.2) is 4.63 Å². The molecular formula is C11H15N7O2. The van der Waals surface area contributed by atoms with Crippen molar-refractivity contribution in [2.45, 2.75) is 26.2 Å². The van der Waals surface area contributed by atoms with Crippen molar-refractivity contribution in [2.75, 3.05) is 18.8 Å². The molecule has 1 aliphatic rings. The Bertz CT molecular complexity index is 627. The Hall–Kier alpha value is -2.45. The van der Waals surface area contributed by atoms with Gasteiger partial charge in [0.15, 0.2) is 5.69 Å². The van der Waals surface area contributed by atoms with Crippen molar-refractivity contribution < 1.29 is 9.42 Å². The number of anilines is 1. The first kappa shape index (κ1) is 12.6. The molecule has 2 N–H and O–H groups in total. The van der Waals surface area contributed by atoms with Gasteiger partial charge >= 0.3 is 0 Å². The van der Waals surface area contributed by atoms with Crippen LogP contribution < -0.4 is 5.73 Å². The fourth-order valence-electron chi connectivity index (χ4n) is 2.31. The number of nitrogens with two attached hydrogens (primary N) is 1. The Kier molecular flexibility index (Phi) is 3.09. The Labute approximate surface area is 114 Å². The van der Waals surface area contributed by atoms with Crippen LogP contribution in [0.5, 0.6) is 0 Å². The van der Waals surface area contributed by atoms with Gasteiger partial charge in [-0.3, -0.25) is 4.79 Å². The van der Waals surface area contributed by atoms with Gasteiger partial charge in [-0.1, -0.05) is 5.21 Å². The Morgan fingerprint density at radius 1 is 1.25 bits per heavy atom. The van der Waals surface area contributed by atoms with Gasteiger partial charge in [0, 0.05) is 13.1 Å². The van der Waals surface area contributed by atoms with E-state index in [4.69, 9.17) is 5.73 Å². The Morgan fingerprint density at radius 3 is 2.65 bits per heavy atom. The molecule has 2 aromatic heterocycles. The molecule has 9 nitrogen and oxygen atoms in total. The van der Waals surface area contributed by atoms with Crippen molar-refractivity contribution in [3.05, 3.63) is 11.4 Å². The molecule has 0 saturated carbocycles. The van der Waals surface area contributed by atoms with Crippen LogP contribution in [0.25, 0.3) is 5.82 Å². The minimum atomic E-state index is -0.108. The van der Waals surface area contributed by atoms with Crippen LogP contribution in [0.1, 0.15) is 35.4 Å². The molecule has 1 fully saturated rings. The Morgan fingerprint density at radius 2 is 2.00 bits per heavy atom. The second-order valence-corrected chi connectivity index (χ2v) is 4.76. The summed E-state index contributed by atoms with van der Waals surface area (Å²) in [7, 11) is 0. The third-order valence-corrected chi connectivity index (χ3v) is 3.44. The summed E-state index contributed by atoms with van der Waals surface area (Å²) in [4.78, 5) is 14.2. The zero-order chi connectivity index (χ0) is 14.1. The van der Waals surface area contributed by atoms with Crippen LogP contribution >= 0.6 is 0 Å². The van der Waals surface area contributed by atoms with E-state index in [0.29, 0.717) is 11.4 Å². The molecule has 0 aliphatic carbocycles. The van der Waals surface area contributed by atoms with E-state index in [1.807, 2.05) is 0 Å². The summed E-state index contributed by atoms with van der Waals surface area (Å²) in [5.41, 5.74) is 6.50. The van der Waals surface area contributed by atoms with Gasteiger partial charge < -0.3 is 10.6 Å². The van der Waals surface area contributed by atoms with Crippen LogP contribution in [-0.2, 0) is 0 Å². The molecular weight excluding hydrogens is 262 g/mol. The molecule has 3 heterocycles. The van der Waals surface area contributed by atoms with Gasteiger partial charge in [0.2, 0.25) is 11.6 Å². The van der Waals surface area contributed by atoms with Gasteiger partial charge in [0.25, 0.3) is 5.91 Å². The minimum absolute atomic E-state index is 0.106. The lowest BCUT2D eigenvalue weighted by atomic mass is 10.1. The van der Waals surface area contributed by atoms with Gasteiger partial charge in [-0.25, -0.2) is 4.63 Å². The highest BCUT2D eigenvalue weighted by Crippen LogP contribution is 2.17. The number of rotatable bonds is 2. The first-order valence-electron chi connectivity index (χ1n) is 6.48. The maximum absolute atomic E-state index is 12.4. The van der Waals surface area contributed by atoms with E-state index >= 15 is 0 Å². The number of carbonyl (C=O) groups excluding carboxylic acids is 1. The fraction of sp³-hybridized carbons (Fsp3) is 0.545. The molecule has 9 heteroatoms. The molecule has 1 saturated heterocycles. The highest BCUT2D eigenvalue weighted by Gasteiger charge is 2.25. The van der Waals surface area contributed by atoms with Gasteiger partial charge in [-0.15, -0.1) is 5.10 Å². The number of nitrogen functional groups attached to an aromatic ring is 1. The SMILES string of the molecule is Cc1c(C(=O)N2CCCCC2)nnn1-c1nonc1N. The summed E-state index contributed by atoms with van der Waals surface area (Å²) < 4.78 is 5.90. The van der Waals surface area contributed by atoms with Crippen molar-refractivity contribution >= 4 is 11.7 Å². The van der Waals surface area contributed by atoms with E-state index in [1.165, 1.54) is 4.68 Å². The lowest BCUT2D eigenvalue weighted by Crippen LogP contribution is -2.36. The molecule has 0 unspecified atom stereocenters. The second-order valence-electron chi connectivity index (χ2n) is 4.76. The van der Waals surface area contributed by atoms with Crippen LogP contribution in [-0.4, -0.2) is 49.2 Å².